The molecular formula is C26H23N3O2S. The van der Waals surface area contributed by atoms with Crippen LogP contribution in [0.1, 0.15) is 39.1 Å². The largest absolute Gasteiger partial charge is 0.385 e. The summed E-state index contributed by atoms with van der Waals surface area (Å²) in [7, 11) is 0. The number of unbranched alkanes of at least 4 members (excludes halogenated alkanes) is 1. The van der Waals surface area contributed by atoms with Crippen molar-refractivity contribution in [2.24, 2.45) is 0 Å². The van der Waals surface area contributed by atoms with Crippen molar-refractivity contribution in [1.29, 1.82) is 0 Å². The minimum atomic E-state index is -0.185. The van der Waals surface area contributed by atoms with Crippen LogP contribution >= 0.6 is 11.3 Å². The summed E-state index contributed by atoms with van der Waals surface area (Å²) in [5.41, 5.74) is 8.49. The molecule has 1 aromatic heterocycles. The van der Waals surface area contributed by atoms with E-state index < -0.39 is 0 Å². The summed E-state index contributed by atoms with van der Waals surface area (Å²) < 4.78 is 1.19. The molecule has 0 atom stereocenters. The Morgan fingerprint density at radius 2 is 1.56 bits per heavy atom. The fraction of sp³-hybridized carbons (Fsp3) is 0.192. The molecule has 0 aliphatic carbocycles. The van der Waals surface area contributed by atoms with Crippen LogP contribution in [0.4, 0.5) is 5.69 Å². The lowest BCUT2D eigenvalue weighted by atomic mass is 10.0. The van der Waals surface area contributed by atoms with Gasteiger partial charge in [0.15, 0.2) is 0 Å². The fourth-order valence-electron chi connectivity index (χ4n) is 4.24. The summed E-state index contributed by atoms with van der Waals surface area (Å²) in [6.07, 6.45) is 1.60. The van der Waals surface area contributed by atoms with Gasteiger partial charge in [-0.25, -0.2) is 4.98 Å². The van der Waals surface area contributed by atoms with Crippen molar-refractivity contribution < 1.29 is 9.59 Å². The number of thiazole rings is 1. The zero-order chi connectivity index (χ0) is 22.1. The summed E-state index contributed by atoms with van der Waals surface area (Å²) in [4.78, 5) is 30.9. The zero-order valence-corrected chi connectivity index (χ0v) is 18.6. The van der Waals surface area contributed by atoms with Gasteiger partial charge in [0.2, 0.25) is 0 Å². The first-order chi connectivity index (χ1) is 15.6. The van der Waals surface area contributed by atoms with E-state index in [1.54, 1.807) is 35.6 Å². The van der Waals surface area contributed by atoms with Gasteiger partial charge >= 0.3 is 0 Å². The smallest absolute Gasteiger partial charge is 0.261 e. The molecule has 0 fully saturated rings. The predicted octanol–water partition coefficient (Wildman–Crippen LogP) is 5.76. The van der Waals surface area contributed by atoms with Crippen LogP contribution in [0.5, 0.6) is 0 Å². The number of rotatable bonds is 7. The number of carbonyl (C=O) groups excluding carboxylic acids is 2. The standard InChI is InChI=1S/C26H23N3O2S/c1-17-14-21(24-23(15-17)32-16-28-24)18-8-4-5-11-22(18)27-12-6-7-13-29-25(30)19-9-2-3-10-20(19)26(29)31/h2-5,8-11,14-16,27H,6-7,12-13H2,1H3. The Balaban J connectivity index is 1.23. The number of benzene rings is 3. The van der Waals surface area contributed by atoms with Gasteiger partial charge in [-0.05, 0) is 55.7 Å². The van der Waals surface area contributed by atoms with Gasteiger partial charge in [-0.3, -0.25) is 14.5 Å². The molecule has 0 spiro atoms. The van der Waals surface area contributed by atoms with Crippen molar-refractivity contribution in [1.82, 2.24) is 9.88 Å². The number of aromatic nitrogens is 1. The third-order valence-electron chi connectivity index (χ3n) is 5.80. The Hall–Kier alpha value is -3.51. The first-order valence-corrected chi connectivity index (χ1v) is 11.6. The van der Waals surface area contributed by atoms with Gasteiger partial charge in [-0.15, -0.1) is 11.3 Å². The average Bonchev–Trinajstić information content (AvgIpc) is 3.37. The maximum absolute atomic E-state index is 12.5. The molecule has 6 heteroatoms. The number of hydrogen-bond acceptors (Lipinski definition) is 5. The van der Waals surface area contributed by atoms with Gasteiger partial charge < -0.3 is 5.32 Å². The predicted molar refractivity (Wildman–Crippen MR) is 129 cm³/mol. The van der Waals surface area contributed by atoms with Crippen molar-refractivity contribution in [3.05, 3.63) is 82.9 Å². The second-order valence-corrected chi connectivity index (χ2v) is 8.88. The molecule has 0 unspecified atom stereocenters. The highest BCUT2D eigenvalue weighted by atomic mass is 32.1. The molecule has 0 bridgehead atoms. The van der Waals surface area contributed by atoms with Gasteiger partial charge in [0, 0.05) is 29.9 Å². The van der Waals surface area contributed by atoms with Crippen LogP contribution in [0.25, 0.3) is 21.3 Å². The lowest BCUT2D eigenvalue weighted by Crippen LogP contribution is -2.30. The summed E-state index contributed by atoms with van der Waals surface area (Å²) in [6.45, 7) is 3.30. The van der Waals surface area contributed by atoms with Crippen molar-refractivity contribution in [2.45, 2.75) is 19.8 Å². The summed E-state index contributed by atoms with van der Waals surface area (Å²) >= 11 is 1.66. The van der Waals surface area contributed by atoms with Gasteiger partial charge in [0.1, 0.15) is 0 Å². The molecule has 3 aromatic carbocycles. The Morgan fingerprint density at radius 1 is 0.875 bits per heavy atom. The van der Waals surface area contributed by atoms with Crippen LogP contribution in [0.15, 0.2) is 66.2 Å². The number of hydrogen-bond donors (Lipinski definition) is 1. The van der Waals surface area contributed by atoms with E-state index >= 15 is 0 Å². The van der Waals surface area contributed by atoms with E-state index in [9.17, 15) is 9.59 Å². The van der Waals surface area contributed by atoms with Crippen LogP contribution in [0.2, 0.25) is 0 Å². The van der Waals surface area contributed by atoms with Crippen molar-refractivity contribution in [2.75, 3.05) is 18.4 Å². The number of aryl methyl sites for hydroxylation is 1. The van der Waals surface area contributed by atoms with Crippen molar-refractivity contribution in [3.63, 3.8) is 0 Å². The summed E-state index contributed by atoms with van der Waals surface area (Å²) in [6, 6.07) is 19.7. The Labute approximate surface area is 190 Å². The molecule has 2 amide bonds. The minimum Gasteiger partial charge on any atom is -0.385 e. The van der Waals surface area contributed by atoms with Crippen LogP contribution in [-0.2, 0) is 0 Å². The van der Waals surface area contributed by atoms with E-state index in [0.717, 1.165) is 41.7 Å². The topological polar surface area (TPSA) is 62.3 Å². The highest BCUT2D eigenvalue weighted by Crippen LogP contribution is 2.35. The fourth-order valence-corrected chi connectivity index (χ4v) is 5.04. The van der Waals surface area contributed by atoms with E-state index in [2.05, 4.69) is 41.5 Å². The number of fused-ring (bicyclic) bond motifs is 2. The van der Waals surface area contributed by atoms with Gasteiger partial charge in [0.05, 0.1) is 26.9 Å². The third kappa shape index (κ3) is 3.67. The number of imide groups is 1. The minimum absolute atomic E-state index is 0.185. The number of anilines is 1. The zero-order valence-electron chi connectivity index (χ0n) is 17.8. The van der Waals surface area contributed by atoms with E-state index in [-0.39, 0.29) is 11.8 Å². The second-order valence-electron chi connectivity index (χ2n) is 8.00. The summed E-state index contributed by atoms with van der Waals surface area (Å²) in [5.74, 6) is -0.369. The maximum atomic E-state index is 12.5. The highest BCUT2D eigenvalue weighted by molar-refractivity contribution is 7.16. The Kier molecular flexibility index (Phi) is 5.45. The first kappa shape index (κ1) is 20.4. The lowest BCUT2D eigenvalue weighted by Gasteiger charge is -2.15. The van der Waals surface area contributed by atoms with Crippen LogP contribution < -0.4 is 5.32 Å². The molecule has 0 radical (unpaired) electrons. The SMILES string of the molecule is Cc1cc(-c2ccccc2NCCCCN2C(=O)c3ccccc3C2=O)c2ncsc2c1. The van der Waals surface area contributed by atoms with Crippen molar-refractivity contribution >= 4 is 39.1 Å². The lowest BCUT2D eigenvalue weighted by molar-refractivity contribution is 0.0652. The molecule has 2 heterocycles. The average molecular weight is 442 g/mol. The number of para-hydroxylation sites is 1. The molecular weight excluding hydrogens is 418 g/mol. The Bertz CT molecular complexity index is 1290. The molecule has 1 N–H and O–H groups in total. The molecule has 1 aliphatic rings. The second kappa shape index (κ2) is 8.55. The molecule has 1 aliphatic heterocycles. The van der Waals surface area contributed by atoms with Crippen LogP contribution in [0, 0.1) is 6.92 Å². The third-order valence-corrected chi connectivity index (χ3v) is 6.58. The van der Waals surface area contributed by atoms with Crippen LogP contribution in [-0.4, -0.2) is 34.8 Å². The number of carbonyl (C=O) groups is 2. The molecule has 5 rings (SSSR count). The van der Waals surface area contributed by atoms with E-state index in [1.807, 2.05) is 17.6 Å². The Morgan fingerprint density at radius 3 is 2.31 bits per heavy atom. The molecule has 5 nitrogen and oxygen atoms in total. The normalized spacial score (nSPS) is 13.1. The molecule has 0 saturated carbocycles. The van der Waals surface area contributed by atoms with Gasteiger partial charge in [-0.1, -0.05) is 30.3 Å². The van der Waals surface area contributed by atoms with E-state index in [0.29, 0.717) is 17.7 Å². The van der Waals surface area contributed by atoms with E-state index in [1.165, 1.54) is 15.2 Å². The van der Waals surface area contributed by atoms with E-state index in [4.69, 9.17) is 0 Å². The molecule has 4 aromatic rings. The maximum Gasteiger partial charge on any atom is 0.261 e. The molecule has 160 valence electrons. The molecule has 32 heavy (non-hydrogen) atoms. The van der Waals surface area contributed by atoms with Crippen LogP contribution in [0.3, 0.4) is 0 Å². The monoisotopic (exact) mass is 441 g/mol. The number of nitrogens with zero attached hydrogens (tertiary/aromatic N) is 2. The number of amides is 2. The quantitative estimate of drug-likeness (QED) is 0.293. The highest BCUT2D eigenvalue weighted by Gasteiger charge is 2.34. The van der Waals surface area contributed by atoms with Gasteiger partial charge in [0.25, 0.3) is 11.8 Å². The first-order valence-electron chi connectivity index (χ1n) is 10.8. The summed E-state index contributed by atoms with van der Waals surface area (Å²) in [5, 5.41) is 3.54. The number of nitrogens with one attached hydrogen (secondary N) is 1. The van der Waals surface area contributed by atoms with Gasteiger partial charge in [-0.2, -0.15) is 0 Å². The van der Waals surface area contributed by atoms with Crippen molar-refractivity contribution in [3.8, 4) is 11.1 Å². The molecule has 0 saturated heterocycles.